The van der Waals surface area contributed by atoms with Crippen LogP contribution in [-0.2, 0) is 11.0 Å². The lowest BCUT2D eigenvalue weighted by atomic mass is 10.1. The van der Waals surface area contributed by atoms with Crippen molar-refractivity contribution in [1.29, 1.82) is 5.26 Å². The zero-order valence-corrected chi connectivity index (χ0v) is 18.8. The average Bonchev–Trinajstić information content (AvgIpc) is 2.81. The molecule has 3 rings (SSSR count). The van der Waals surface area contributed by atoms with Gasteiger partial charge in [0.1, 0.15) is 11.8 Å². The molecule has 1 unspecified atom stereocenters. The Labute approximate surface area is 198 Å². The standard InChI is InChI=1S/C24H19ClF3N3O3/c1-14(23(32)31-20-9-4-16(25)12-19(20)24(26,27)28)30-17-5-7-18(8-6-17)34-21-10-3-15(13-29)11-22(21)33-2/h3-12,14,30H,1-2H3,(H,31,32). The normalized spacial score (nSPS) is 11.8. The minimum absolute atomic E-state index is 0.0857. The van der Waals surface area contributed by atoms with Gasteiger partial charge in [-0.05, 0) is 61.5 Å². The van der Waals surface area contributed by atoms with Crippen LogP contribution in [0.25, 0.3) is 0 Å². The summed E-state index contributed by atoms with van der Waals surface area (Å²) in [6, 6.07) is 15.7. The molecule has 34 heavy (non-hydrogen) atoms. The van der Waals surface area contributed by atoms with Gasteiger partial charge < -0.3 is 20.1 Å². The van der Waals surface area contributed by atoms with Crippen LogP contribution in [0.5, 0.6) is 17.2 Å². The van der Waals surface area contributed by atoms with Crippen molar-refractivity contribution in [2.45, 2.75) is 19.1 Å². The molecular formula is C24H19ClF3N3O3. The smallest absolute Gasteiger partial charge is 0.418 e. The Balaban J connectivity index is 1.66. The van der Waals surface area contributed by atoms with Gasteiger partial charge in [0.05, 0.1) is 30.0 Å². The number of hydrogen-bond acceptors (Lipinski definition) is 5. The fraction of sp³-hybridized carbons (Fsp3) is 0.167. The Morgan fingerprint density at radius 1 is 1.06 bits per heavy atom. The van der Waals surface area contributed by atoms with Gasteiger partial charge in [0.15, 0.2) is 11.5 Å². The first-order chi connectivity index (χ1) is 16.1. The summed E-state index contributed by atoms with van der Waals surface area (Å²) in [6.07, 6.45) is -4.67. The lowest BCUT2D eigenvalue weighted by molar-refractivity contribution is -0.137. The maximum atomic E-state index is 13.2. The number of carbonyl (C=O) groups excluding carboxylic acids is 1. The van der Waals surface area contributed by atoms with Crippen LogP contribution in [0.1, 0.15) is 18.1 Å². The summed E-state index contributed by atoms with van der Waals surface area (Å²) in [4.78, 5) is 12.5. The van der Waals surface area contributed by atoms with E-state index in [1.807, 2.05) is 6.07 Å². The van der Waals surface area contributed by atoms with Crippen LogP contribution < -0.4 is 20.1 Å². The molecule has 10 heteroatoms. The molecule has 2 N–H and O–H groups in total. The number of anilines is 2. The van der Waals surface area contributed by atoms with Crippen LogP contribution in [-0.4, -0.2) is 19.1 Å². The monoisotopic (exact) mass is 489 g/mol. The Morgan fingerprint density at radius 2 is 1.76 bits per heavy atom. The van der Waals surface area contributed by atoms with E-state index in [1.165, 1.54) is 20.1 Å². The summed E-state index contributed by atoms with van der Waals surface area (Å²) in [6.45, 7) is 1.52. The molecule has 1 amide bonds. The van der Waals surface area contributed by atoms with Crippen molar-refractivity contribution in [2.24, 2.45) is 0 Å². The summed E-state index contributed by atoms with van der Waals surface area (Å²) in [5.41, 5.74) is -0.429. The van der Waals surface area contributed by atoms with Crippen molar-refractivity contribution in [3.63, 3.8) is 0 Å². The number of carbonyl (C=O) groups is 1. The van der Waals surface area contributed by atoms with Crippen LogP contribution in [0.15, 0.2) is 60.7 Å². The highest BCUT2D eigenvalue weighted by Gasteiger charge is 2.34. The maximum absolute atomic E-state index is 13.2. The zero-order valence-electron chi connectivity index (χ0n) is 18.0. The van der Waals surface area contributed by atoms with Gasteiger partial charge in [0, 0.05) is 16.8 Å². The first kappa shape index (κ1) is 24.7. The predicted octanol–water partition coefficient (Wildman–Crippen LogP) is 6.47. The highest BCUT2D eigenvalue weighted by Crippen LogP contribution is 2.37. The number of nitrogens with zero attached hydrogens (tertiary/aromatic N) is 1. The molecule has 0 saturated carbocycles. The zero-order chi connectivity index (χ0) is 24.9. The quantitative estimate of drug-likeness (QED) is 0.397. The Bertz CT molecular complexity index is 1220. The van der Waals surface area contributed by atoms with E-state index in [2.05, 4.69) is 10.6 Å². The van der Waals surface area contributed by atoms with E-state index in [0.29, 0.717) is 28.5 Å². The molecule has 0 aliphatic rings. The summed E-state index contributed by atoms with van der Waals surface area (Å²) in [5, 5.41) is 14.1. The van der Waals surface area contributed by atoms with E-state index in [-0.39, 0.29) is 10.7 Å². The summed E-state index contributed by atoms with van der Waals surface area (Å²) < 4.78 is 50.8. The molecule has 176 valence electrons. The maximum Gasteiger partial charge on any atom is 0.418 e. The number of benzene rings is 3. The van der Waals surface area contributed by atoms with Crippen molar-refractivity contribution in [3.8, 4) is 23.3 Å². The average molecular weight is 490 g/mol. The summed E-state index contributed by atoms with van der Waals surface area (Å²) in [7, 11) is 1.46. The van der Waals surface area contributed by atoms with Crippen molar-refractivity contribution in [1.82, 2.24) is 0 Å². The van der Waals surface area contributed by atoms with Crippen molar-refractivity contribution in [2.75, 3.05) is 17.7 Å². The second-order valence-corrected chi connectivity index (χ2v) is 7.58. The van der Waals surface area contributed by atoms with Gasteiger partial charge in [0.25, 0.3) is 0 Å². The number of amides is 1. The largest absolute Gasteiger partial charge is 0.493 e. The minimum atomic E-state index is -4.67. The molecule has 3 aromatic carbocycles. The first-order valence-electron chi connectivity index (χ1n) is 9.91. The predicted molar refractivity (Wildman–Crippen MR) is 122 cm³/mol. The molecule has 6 nitrogen and oxygen atoms in total. The van der Waals surface area contributed by atoms with Crippen LogP contribution in [0.4, 0.5) is 24.5 Å². The molecule has 0 saturated heterocycles. The molecule has 0 heterocycles. The number of nitrogens with one attached hydrogen (secondary N) is 2. The summed E-state index contributed by atoms with van der Waals surface area (Å²) >= 11 is 5.67. The van der Waals surface area contributed by atoms with Gasteiger partial charge in [-0.1, -0.05) is 11.6 Å². The molecule has 1 atom stereocenters. The van der Waals surface area contributed by atoms with E-state index >= 15 is 0 Å². The third kappa shape index (κ3) is 6.11. The third-order valence-corrected chi connectivity index (χ3v) is 4.93. The lowest BCUT2D eigenvalue weighted by Crippen LogP contribution is -2.32. The highest BCUT2D eigenvalue weighted by atomic mass is 35.5. The SMILES string of the molecule is COc1cc(C#N)ccc1Oc1ccc(NC(C)C(=O)Nc2ccc(Cl)cc2C(F)(F)F)cc1. The van der Waals surface area contributed by atoms with E-state index in [0.717, 1.165) is 12.1 Å². The van der Waals surface area contributed by atoms with Gasteiger partial charge in [-0.15, -0.1) is 0 Å². The number of rotatable bonds is 7. The molecule has 0 spiro atoms. The van der Waals surface area contributed by atoms with Crippen LogP contribution in [0.3, 0.4) is 0 Å². The minimum Gasteiger partial charge on any atom is -0.493 e. The van der Waals surface area contributed by atoms with Gasteiger partial charge in [0.2, 0.25) is 5.91 Å². The topological polar surface area (TPSA) is 83.4 Å². The number of nitriles is 1. The molecule has 0 aliphatic carbocycles. The van der Waals surface area contributed by atoms with Crippen LogP contribution in [0, 0.1) is 11.3 Å². The molecule has 0 fully saturated rings. The van der Waals surface area contributed by atoms with E-state index in [4.69, 9.17) is 26.3 Å². The lowest BCUT2D eigenvalue weighted by Gasteiger charge is -2.18. The van der Waals surface area contributed by atoms with Crippen molar-refractivity contribution >= 4 is 28.9 Å². The van der Waals surface area contributed by atoms with E-state index in [1.54, 1.807) is 42.5 Å². The second kappa shape index (κ2) is 10.4. The van der Waals surface area contributed by atoms with Gasteiger partial charge in [-0.2, -0.15) is 18.4 Å². The van der Waals surface area contributed by atoms with E-state index < -0.39 is 23.7 Å². The number of halogens is 4. The Morgan fingerprint density at radius 3 is 2.38 bits per heavy atom. The summed E-state index contributed by atoms with van der Waals surface area (Å²) in [5.74, 6) is 0.627. The second-order valence-electron chi connectivity index (χ2n) is 7.15. The Hall–Kier alpha value is -3.90. The number of alkyl halides is 3. The molecule has 0 aliphatic heterocycles. The van der Waals surface area contributed by atoms with Crippen LogP contribution >= 0.6 is 11.6 Å². The van der Waals surface area contributed by atoms with Gasteiger partial charge in [-0.25, -0.2) is 0 Å². The fourth-order valence-corrected chi connectivity index (χ4v) is 3.16. The first-order valence-corrected chi connectivity index (χ1v) is 10.3. The number of methoxy groups -OCH3 is 1. The van der Waals surface area contributed by atoms with Gasteiger partial charge >= 0.3 is 6.18 Å². The molecule has 3 aromatic rings. The number of hydrogen-bond donors (Lipinski definition) is 2. The van der Waals surface area contributed by atoms with E-state index in [9.17, 15) is 18.0 Å². The molecule has 0 aromatic heterocycles. The van der Waals surface area contributed by atoms with Gasteiger partial charge in [-0.3, -0.25) is 4.79 Å². The molecular weight excluding hydrogens is 471 g/mol. The van der Waals surface area contributed by atoms with Crippen molar-refractivity contribution in [3.05, 3.63) is 76.8 Å². The number of ether oxygens (including phenoxy) is 2. The van der Waals surface area contributed by atoms with Crippen LogP contribution in [0.2, 0.25) is 5.02 Å². The highest BCUT2D eigenvalue weighted by molar-refractivity contribution is 6.30. The molecule has 0 radical (unpaired) electrons. The fourth-order valence-electron chi connectivity index (χ4n) is 2.98. The van der Waals surface area contributed by atoms with Crippen molar-refractivity contribution < 1.29 is 27.4 Å². The Kier molecular flexibility index (Phi) is 7.54. The third-order valence-electron chi connectivity index (χ3n) is 4.70. The molecule has 0 bridgehead atoms.